The molecule has 2 rings (SSSR count). The molecule has 3 nitrogen and oxygen atoms in total. The summed E-state index contributed by atoms with van der Waals surface area (Å²) in [5, 5.41) is 1.96. The molecule has 5 heteroatoms. The smallest absolute Gasteiger partial charge is 0.257 e. The van der Waals surface area contributed by atoms with Crippen LogP contribution >= 0.6 is 11.3 Å². The van der Waals surface area contributed by atoms with Crippen LogP contribution < -0.4 is 4.74 Å². The lowest BCUT2D eigenvalue weighted by molar-refractivity contribution is 0.0740. The number of ether oxygens (including phenoxy) is 1. The number of thiophene rings is 1. The van der Waals surface area contributed by atoms with E-state index in [1.807, 2.05) is 24.4 Å². The summed E-state index contributed by atoms with van der Waals surface area (Å²) in [5.41, 5.74) is 0.0525. The molecule has 1 atom stereocenters. The van der Waals surface area contributed by atoms with Crippen molar-refractivity contribution in [3.05, 3.63) is 52.0 Å². The van der Waals surface area contributed by atoms with Crippen LogP contribution in [0.25, 0.3) is 0 Å². The predicted octanol–water partition coefficient (Wildman–Crippen LogP) is 3.73. The molecule has 1 heterocycles. The molecule has 1 aromatic carbocycles. The predicted molar refractivity (Wildman–Crippen MR) is 77.8 cm³/mol. The second kappa shape index (κ2) is 6.05. The van der Waals surface area contributed by atoms with Crippen LogP contribution in [0, 0.1) is 5.82 Å². The summed E-state index contributed by atoms with van der Waals surface area (Å²) in [6.45, 7) is 1.92. The maximum atomic E-state index is 13.9. The summed E-state index contributed by atoms with van der Waals surface area (Å²) in [6, 6.07) is 8.06. The van der Waals surface area contributed by atoms with E-state index in [4.69, 9.17) is 4.74 Å². The number of methoxy groups -OCH3 is 1. The van der Waals surface area contributed by atoms with Crippen LogP contribution in [-0.2, 0) is 0 Å². The molecule has 0 saturated carbocycles. The average Bonchev–Trinajstić information content (AvgIpc) is 2.99. The Kier molecular flexibility index (Phi) is 4.39. The van der Waals surface area contributed by atoms with Crippen molar-refractivity contribution in [2.45, 2.75) is 13.0 Å². The Hall–Kier alpha value is -1.88. The van der Waals surface area contributed by atoms with E-state index in [1.54, 1.807) is 24.5 Å². The SMILES string of the molecule is COc1ccc(C(=O)N(C)C(C)c2cccs2)c(F)c1. The molecule has 0 aliphatic heterocycles. The maximum absolute atomic E-state index is 13.9. The van der Waals surface area contributed by atoms with Gasteiger partial charge in [-0.3, -0.25) is 4.79 Å². The first kappa shape index (κ1) is 14.5. The molecule has 1 unspecified atom stereocenters. The largest absolute Gasteiger partial charge is 0.497 e. The van der Waals surface area contributed by atoms with Crippen molar-refractivity contribution in [3.63, 3.8) is 0 Å². The van der Waals surface area contributed by atoms with E-state index in [1.165, 1.54) is 24.1 Å². The Morgan fingerprint density at radius 3 is 2.70 bits per heavy atom. The lowest BCUT2D eigenvalue weighted by atomic mass is 10.1. The third kappa shape index (κ3) is 2.82. The molecule has 0 N–H and O–H groups in total. The highest BCUT2D eigenvalue weighted by atomic mass is 32.1. The number of hydrogen-bond donors (Lipinski definition) is 0. The molecule has 0 spiro atoms. The Labute approximate surface area is 121 Å². The van der Waals surface area contributed by atoms with Gasteiger partial charge in [-0.15, -0.1) is 11.3 Å². The fraction of sp³-hybridized carbons (Fsp3) is 0.267. The highest BCUT2D eigenvalue weighted by Gasteiger charge is 2.22. The van der Waals surface area contributed by atoms with Crippen molar-refractivity contribution in [2.24, 2.45) is 0 Å². The highest BCUT2D eigenvalue weighted by molar-refractivity contribution is 7.10. The number of nitrogens with zero attached hydrogens (tertiary/aromatic N) is 1. The average molecular weight is 293 g/mol. The molecule has 20 heavy (non-hydrogen) atoms. The minimum absolute atomic E-state index is 0.0525. The third-order valence-corrected chi connectivity index (χ3v) is 4.31. The quantitative estimate of drug-likeness (QED) is 0.859. The van der Waals surface area contributed by atoms with Crippen LogP contribution in [-0.4, -0.2) is 25.0 Å². The summed E-state index contributed by atoms with van der Waals surface area (Å²) in [4.78, 5) is 15.0. The number of amides is 1. The molecule has 0 bridgehead atoms. The molecule has 106 valence electrons. The van der Waals surface area contributed by atoms with E-state index in [9.17, 15) is 9.18 Å². The highest BCUT2D eigenvalue weighted by Crippen LogP contribution is 2.26. The number of rotatable bonds is 4. The van der Waals surface area contributed by atoms with Crippen LogP contribution in [0.3, 0.4) is 0 Å². The molecule has 0 aliphatic rings. The Balaban J connectivity index is 2.22. The van der Waals surface area contributed by atoms with Crippen molar-refractivity contribution in [1.29, 1.82) is 0 Å². The Morgan fingerprint density at radius 1 is 1.40 bits per heavy atom. The van der Waals surface area contributed by atoms with Gasteiger partial charge in [0.1, 0.15) is 11.6 Å². The van der Waals surface area contributed by atoms with Crippen LogP contribution in [0.15, 0.2) is 35.7 Å². The fourth-order valence-electron chi connectivity index (χ4n) is 1.88. The molecule has 0 fully saturated rings. The summed E-state index contributed by atoms with van der Waals surface area (Å²) in [6.07, 6.45) is 0. The van der Waals surface area contributed by atoms with E-state index < -0.39 is 5.82 Å². The lowest BCUT2D eigenvalue weighted by Crippen LogP contribution is -2.29. The van der Waals surface area contributed by atoms with Gasteiger partial charge in [-0.1, -0.05) is 6.07 Å². The number of hydrogen-bond acceptors (Lipinski definition) is 3. The van der Waals surface area contributed by atoms with Crippen molar-refractivity contribution in [1.82, 2.24) is 4.90 Å². The summed E-state index contributed by atoms with van der Waals surface area (Å²) >= 11 is 1.57. The van der Waals surface area contributed by atoms with Crippen LogP contribution in [0.5, 0.6) is 5.75 Å². The topological polar surface area (TPSA) is 29.5 Å². The molecule has 0 saturated heterocycles. The van der Waals surface area contributed by atoms with Crippen molar-refractivity contribution in [3.8, 4) is 5.75 Å². The van der Waals surface area contributed by atoms with E-state index in [0.29, 0.717) is 5.75 Å². The molecule has 1 aromatic heterocycles. The number of carbonyl (C=O) groups is 1. The van der Waals surface area contributed by atoms with Gasteiger partial charge in [0.2, 0.25) is 0 Å². The number of carbonyl (C=O) groups excluding carboxylic acids is 1. The fourth-order valence-corrected chi connectivity index (χ4v) is 2.71. The zero-order chi connectivity index (χ0) is 14.7. The second-order valence-electron chi connectivity index (χ2n) is 4.45. The first-order valence-electron chi connectivity index (χ1n) is 6.18. The van der Waals surface area contributed by atoms with Gasteiger partial charge in [0.05, 0.1) is 18.7 Å². The minimum Gasteiger partial charge on any atom is -0.497 e. The summed E-state index contributed by atoms with van der Waals surface area (Å²) < 4.78 is 18.9. The van der Waals surface area contributed by atoms with Crippen LogP contribution in [0.2, 0.25) is 0 Å². The third-order valence-electron chi connectivity index (χ3n) is 3.26. The first-order valence-corrected chi connectivity index (χ1v) is 7.06. The molecular weight excluding hydrogens is 277 g/mol. The van der Waals surface area contributed by atoms with Gasteiger partial charge >= 0.3 is 0 Å². The zero-order valence-corrected chi connectivity index (χ0v) is 12.4. The van der Waals surface area contributed by atoms with Crippen molar-refractivity contribution < 1.29 is 13.9 Å². The van der Waals surface area contributed by atoms with E-state index in [0.717, 1.165) is 4.88 Å². The Bertz CT molecular complexity index is 598. The van der Waals surface area contributed by atoms with Gasteiger partial charge < -0.3 is 9.64 Å². The summed E-state index contributed by atoms with van der Waals surface area (Å²) in [5.74, 6) is -0.515. The summed E-state index contributed by atoms with van der Waals surface area (Å²) in [7, 11) is 3.14. The molecule has 0 aliphatic carbocycles. The molecular formula is C15H16FNO2S. The zero-order valence-electron chi connectivity index (χ0n) is 11.6. The first-order chi connectivity index (χ1) is 9.54. The van der Waals surface area contributed by atoms with Gasteiger partial charge in [-0.2, -0.15) is 0 Å². The van der Waals surface area contributed by atoms with Gasteiger partial charge in [0.15, 0.2) is 0 Å². The van der Waals surface area contributed by atoms with Gasteiger partial charge in [0.25, 0.3) is 5.91 Å². The second-order valence-corrected chi connectivity index (χ2v) is 5.43. The van der Waals surface area contributed by atoms with Crippen LogP contribution in [0.1, 0.15) is 28.2 Å². The van der Waals surface area contributed by atoms with Crippen molar-refractivity contribution in [2.75, 3.05) is 14.2 Å². The van der Waals surface area contributed by atoms with E-state index in [-0.39, 0.29) is 17.5 Å². The maximum Gasteiger partial charge on any atom is 0.257 e. The molecule has 2 aromatic rings. The molecule has 0 radical (unpaired) electrons. The number of halogens is 1. The Morgan fingerprint density at radius 2 is 2.15 bits per heavy atom. The van der Waals surface area contributed by atoms with Crippen molar-refractivity contribution >= 4 is 17.2 Å². The molecule has 1 amide bonds. The van der Waals surface area contributed by atoms with Gasteiger partial charge in [-0.05, 0) is 30.5 Å². The minimum atomic E-state index is -0.570. The van der Waals surface area contributed by atoms with E-state index in [2.05, 4.69) is 0 Å². The van der Waals surface area contributed by atoms with E-state index >= 15 is 0 Å². The van der Waals surface area contributed by atoms with Gasteiger partial charge in [-0.25, -0.2) is 4.39 Å². The standard InChI is InChI=1S/C15H16FNO2S/c1-10(14-5-4-8-20-14)17(2)15(18)12-7-6-11(19-3)9-13(12)16/h4-10H,1-3H3. The lowest BCUT2D eigenvalue weighted by Gasteiger charge is -2.24. The van der Waals surface area contributed by atoms with Gasteiger partial charge in [0, 0.05) is 18.0 Å². The number of benzene rings is 1. The monoisotopic (exact) mass is 293 g/mol. The normalized spacial score (nSPS) is 12.0. The van der Waals surface area contributed by atoms with Crippen LogP contribution in [0.4, 0.5) is 4.39 Å².